The highest BCUT2D eigenvalue weighted by atomic mass is 15.2. The predicted octanol–water partition coefficient (Wildman–Crippen LogP) is 0.211. The van der Waals surface area contributed by atoms with Gasteiger partial charge in [0.15, 0.2) is 0 Å². The van der Waals surface area contributed by atoms with Crippen molar-refractivity contribution in [2.24, 2.45) is 0 Å². The van der Waals surface area contributed by atoms with E-state index in [0.717, 1.165) is 12.9 Å². The standard InChI is InChI=1S/C8H17BN2/c1-2-10-5-7-11(4-3-9)8-6-10/h2-8H2,1H3. The summed E-state index contributed by atoms with van der Waals surface area (Å²) in [6.07, 6.45) is 0.798. The van der Waals surface area contributed by atoms with Gasteiger partial charge in [-0.15, -0.1) is 0 Å². The van der Waals surface area contributed by atoms with Crippen LogP contribution in [0.5, 0.6) is 0 Å². The molecule has 0 atom stereocenters. The molecule has 1 heterocycles. The topological polar surface area (TPSA) is 6.48 Å². The Morgan fingerprint density at radius 3 is 2.09 bits per heavy atom. The van der Waals surface area contributed by atoms with Crippen LogP contribution in [0.3, 0.4) is 0 Å². The van der Waals surface area contributed by atoms with Crippen LogP contribution in [0.2, 0.25) is 6.32 Å². The molecule has 62 valence electrons. The second-order valence-corrected chi connectivity index (χ2v) is 3.06. The van der Waals surface area contributed by atoms with E-state index in [1.165, 1.54) is 32.7 Å². The van der Waals surface area contributed by atoms with E-state index in [2.05, 4.69) is 16.7 Å². The number of piperazine rings is 1. The first-order valence-corrected chi connectivity index (χ1v) is 4.51. The predicted molar refractivity (Wildman–Crippen MR) is 49.1 cm³/mol. The van der Waals surface area contributed by atoms with Crippen molar-refractivity contribution in [3.05, 3.63) is 0 Å². The molecule has 0 aromatic rings. The van der Waals surface area contributed by atoms with Crippen LogP contribution in [0.25, 0.3) is 0 Å². The highest BCUT2D eigenvalue weighted by molar-refractivity contribution is 6.08. The summed E-state index contributed by atoms with van der Waals surface area (Å²) in [5.41, 5.74) is 0. The first kappa shape index (κ1) is 9.08. The maximum absolute atomic E-state index is 5.47. The average Bonchev–Trinajstić information content (AvgIpc) is 2.07. The van der Waals surface area contributed by atoms with Gasteiger partial charge in [-0.1, -0.05) is 13.2 Å². The number of hydrogen-bond acceptors (Lipinski definition) is 2. The van der Waals surface area contributed by atoms with Crippen LogP contribution in [0.15, 0.2) is 0 Å². The third-order valence-corrected chi connectivity index (χ3v) is 2.36. The molecule has 1 aliphatic heterocycles. The molecule has 0 N–H and O–H groups in total. The third-order valence-electron chi connectivity index (χ3n) is 2.36. The first-order chi connectivity index (χ1) is 5.36. The van der Waals surface area contributed by atoms with Gasteiger partial charge in [0.1, 0.15) is 0 Å². The molecular formula is C8H17BN2. The second-order valence-electron chi connectivity index (χ2n) is 3.06. The Kier molecular flexibility index (Phi) is 3.94. The van der Waals surface area contributed by atoms with Crippen LogP contribution in [0, 0.1) is 0 Å². The molecule has 1 rings (SSSR count). The maximum atomic E-state index is 5.47. The molecule has 0 aromatic heterocycles. The fraction of sp³-hybridized carbons (Fsp3) is 1.00. The lowest BCUT2D eigenvalue weighted by Crippen LogP contribution is -2.46. The minimum absolute atomic E-state index is 0.798. The van der Waals surface area contributed by atoms with Crippen molar-refractivity contribution in [1.29, 1.82) is 0 Å². The molecule has 1 saturated heterocycles. The van der Waals surface area contributed by atoms with E-state index in [-0.39, 0.29) is 0 Å². The van der Waals surface area contributed by atoms with Gasteiger partial charge in [0.25, 0.3) is 0 Å². The summed E-state index contributed by atoms with van der Waals surface area (Å²) >= 11 is 0. The van der Waals surface area contributed by atoms with E-state index in [0.29, 0.717) is 0 Å². The molecule has 11 heavy (non-hydrogen) atoms. The molecule has 2 radical (unpaired) electrons. The molecule has 0 aromatic carbocycles. The SMILES string of the molecule is [B]CCN1CCN(CC)CC1. The summed E-state index contributed by atoms with van der Waals surface area (Å²) in [4.78, 5) is 4.92. The van der Waals surface area contributed by atoms with Gasteiger partial charge in [0.05, 0.1) is 7.85 Å². The fourth-order valence-corrected chi connectivity index (χ4v) is 1.51. The highest BCUT2D eigenvalue weighted by Crippen LogP contribution is 2.00. The number of nitrogens with zero attached hydrogens (tertiary/aromatic N) is 2. The maximum Gasteiger partial charge on any atom is 0.0670 e. The van der Waals surface area contributed by atoms with Crippen molar-refractivity contribution in [2.75, 3.05) is 39.3 Å². The van der Waals surface area contributed by atoms with E-state index < -0.39 is 0 Å². The van der Waals surface area contributed by atoms with Crippen LogP contribution in [0.1, 0.15) is 6.92 Å². The summed E-state index contributed by atoms with van der Waals surface area (Å²) in [6.45, 7) is 9.32. The summed E-state index contributed by atoms with van der Waals surface area (Å²) < 4.78 is 0. The molecule has 0 unspecified atom stereocenters. The number of likely N-dealkylation sites (N-methyl/N-ethyl adjacent to an activating group) is 1. The first-order valence-electron chi connectivity index (χ1n) is 4.51. The lowest BCUT2D eigenvalue weighted by Gasteiger charge is -2.33. The van der Waals surface area contributed by atoms with Crippen molar-refractivity contribution in [3.8, 4) is 0 Å². The van der Waals surface area contributed by atoms with Gasteiger partial charge in [-0.05, 0) is 13.1 Å². The van der Waals surface area contributed by atoms with Crippen LogP contribution in [-0.2, 0) is 0 Å². The van der Waals surface area contributed by atoms with Crippen LogP contribution < -0.4 is 0 Å². The van der Waals surface area contributed by atoms with Gasteiger partial charge in [-0.3, -0.25) is 0 Å². The van der Waals surface area contributed by atoms with Gasteiger partial charge >= 0.3 is 0 Å². The van der Waals surface area contributed by atoms with Gasteiger partial charge in [0.2, 0.25) is 0 Å². The Labute approximate surface area is 71.0 Å². The van der Waals surface area contributed by atoms with Gasteiger partial charge in [0, 0.05) is 26.2 Å². The van der Waals surface area contributed by atoms with E-state index in [1.807, 2.05) is 0 Å². The van der Waals surface area contributed by atoms with E-state index >= 15 is 0 Å². The van der Waals surface area contributed by atoms with Crippen molar-refractivity contribution < 1.29 is 0 Å². The van der Waals surface area contributed by atoms with Crippen LogP contribution in [-0.4, -0.2) is 56.9 Å². The van der Waals surface area contributed by atoms with Gasteiger partial charge < -0.3 is 9.80 Å². The van der Waals surface area contributed by atoms with Crippen molar-refractivity contribution >= 4 is 7.85 Å². The second kappa shape index (κ2) is 4.78. The van der Waals surface area contributed by atoms with Crippen molar-refractivity contribution in [1.82, 2.24) is 9.80 Å². The lowest BCUT2D eigenvalue weighted by molar-refractivity contribution is 0.142. The normalized spacial score (nSPS) is 22.3. The largest absolute Gasteiger partial charge is 0.302 e. The van der Waals surface area contributed by atoms with Crippen molar-refractivity contribution in [2.45, 2.75) is 13.2 Å². The average molecular weight is 152 g/mol. The Morgan fingerprint density at radius 1 is 1.09 bits per heavy atom. The van der Waals surface area contributed by atoms with E-state index in [4.69, 9.17) is 7.85 Å². The minimum atomic E-state index is 0.798. The Balaban J connectivity index is 2.14. The smallest absolute Gasteiger partial charge is 0.0670 e. The molecule has 0 bridgehead atoms. The lowest BCUT2D eigenvalue weighted by atomic mass is 10.0. The van der Waals surface area contributed by atoms with Gasteiger partial charge in [-0.25, -0.2) is 0 Å². The zero-order valence-corrected chi connectivity index (χ0v) is 7.42. The molecule has 0 aliphatic carbocycles. The molecule has 2 nitrogen and oxygen atoms in total. The fourth-order valence-electron chi connectivity index (χ4n) is 1.51. The minimum Gasteiger partial charge on any atom is -0.302 e. The molecule has 1 fully saturated rings. The molecule has 3 heteroatoms. The van der Waals surface area contributed by atoms with E-state index in [9.17, 15) is 0 Å². The summed E-state index contributed by atoms with van der Waals surface area (Å²) in [5.74, 6) is 0. The zero-order valence-electron chi connectivity index (χ0n) is 7.42. The molecule has 1 aliphatic rings. The molecule has 0 spiro atoms. The summed E-state index contributed by atoms with van der Waals surface area (Å²) in [7, 11) is 5.47. The molecule has 0 amide bonds. The quantitative estimate of drug-likeness (QED) is 0.533. The highest BCUT2D eigenvalue weighted by Gasteiger charge is 2.13. The van der Waals surface area contributed by atoms with Crippen LogP contribution >= 0.6 is 0 Å². The number of hydrogen-bond donors (Lipinski definition) is 0. The van der Waals surface area contributed by atoms with Crippen molar-refractivity contribution in [3.63, 3.8) is 0 Å². The van der Waals surface area contributed by atoms with Gasteiger partial charge in [-0.2, -0.15) is 0 Å². The Bertz CT molecular complexity index is 100. The number of rotatable bonds is 3. The monoisotopic (exact) mass is 152 g/mol. The zero-order chi connectivity index (χ0) is 8.10. The Morgan fingerprint density at radius 2 is 1.64 bits per heavy atom. The summed E-state index contributed by atoms with van der Waals surface area (Å²) in [5, 5.41) is 0. The molecule has 0 saturated carbocycles. The Hall–Kier alpha value is -0.0151. The molecular weight excluding hydrogens is 135 g/mol. The summed E-state index contributed by atoms with van der Waals surface area (Å²) in [6, 6.07) is 0. The van der Waals surface area contributed by atoms with E-state index in [1.54, 1.807) is 0 Å². The van der Waals surface area contributed by atoms with Crippen LogP contribution in [0.4, 0.5) is 0 Å². The third kappa shape index (κ3) is 2.84.